The minimum Gasteiger partial charge on any atom is -0.313 e. The Morgan fingerprint density at radius 2 is 1.63 bits per heavy atom. The molecule has 0 saturated heterocycles. The smallest absolute Gasteiger partial charge is 0.271 e. The fraction of sp³-hybridized carbons (Fsp3) is 0.0417. The van der Waals surface area contributed by atoms with Crippen LogP contribution >= 0.6 is 0 Å². The van der Waals surface area contributed by atoms with E-state index in [-0.39, 0.29) is 5.78 Å². The average Bonchev–Trinajstić information content (AvgIpc) is 3.05. The van der Waals surface area contributed by atoms with Gasteiger partial charge in [0.25, 0.3) is 5.91 Å². The Hall–Kier alpha value is -4.06. The number of nitrogens with one attached hydrogen (secondary N) is 1. The van der Waals surface area contributed by atoms with Crippen molar-refractivity contribution in [2.75, 3.05) is 0 Å². The molecule has 0 radical (unpaired) electrons. The molecule has 1 amide bonds. The number of carbonyl (C=O) groups excluding carboxylic acids is 2. The molecule has 5 nitrogen and oxygen atoms in total. The molecule has 0 aliphatic carbocycles. The van der Waals surface area contributed by atoms with Crippen molar-refractivity contribution < 1.29 is 14.0 Å². The SMILES string of the molecule is Cc1c(/C=N\NC(=O)c2ccc(F)cc2)c2ccccn2c1C(=O)c1ccccc1. The number of nitrogens with zero attached hydrogens (tertiary/aromatic N) is 2. The lowest BCUT2D eigenvalue weighted by Gasteiger charge is -2.03. The van der Waals surface area contributed by atoms with Crippen LogP contribution < -0.4 is 5.43 Å². The van der Waals surface area contributed by atoms with Gasteiger partial charge in [-0.3, -0.25) is 9.59 Å². The molecule has 0 aliphatic rings. The number of benzene rings is 2. The Morgan fingerprint density at radius 1 is 0.933 bits per heavy atom. The van der Waals surface area contributed by atoms with E-state index in [1.165, 1.54) is 30.5 Å². The predicted molar refractivity (Wildman–Crippen MR) is 113 cm³/mol. The summed E-state index contributed by atoms with van der Waals surface area (Å²) in [4.78, 5) is 25.3. The highest BCUT2D eigenvalue weighted by Gasteiger charge is 2.20. The van der Waals surface area contributed by atoms with E-state index in [1.54, 1.807) is 12.1 Å². The lowest BCUT2D eigenvalue weighted by molar-refractivity contribution is 0.0954. The number of pyridine rings is 1. The molecule has 0 unspecified atom stereocenters. The van der Waals surface area contributed by atoms with Crippen molar-refractivity contribution in [1.82, 2.24) is 9.83 Å². The van der Waals surface area contributed by atoms with Crippen molar-refractivity contribution >= 4 is 23.4 Å². The van der Waals surface area contributed by atoms with Crippen LogP contribution in [-0.2, 0) is 0 Å². The van der Waals surface area contributed by atoms with E-state index in [1.807, 2.05) is 53.9 Å². The van der Waals surface area contributed by atoms with Gasteiger partial charge in [-0.1, -0.05) is 36.4 Å². The molecule has 0 spiro atoms. The van der Waals surface area contributed by atoms with Gasteiger partial charge in [-0.05, 0) is 48.9 Å². The second-order valence-corrected chi connectivity index (χ2v) is 6.74. The molecule has 2 aromatic carbocycles. The molecule has 30 heavy (non-hydrogen) atoms. The molecule has 0 fully saturated rings. The largest absolute Gasteiger partial charge is 0.313 e. The summed E-state index contributed by atoms with van der Waals surface area (Å²) < 4.78 is 14.8. The summed E-state index contributed by atoms with van der Waals surface area (Å²) >= 11 is 0. The van der Waals surface area contributed by atoms with Crippen LogP contribution in [-0.4, -0.2) is 22.3 Å². The molecule has 0 atom stereocenters. The molecule has 1 N–H and O–H groups in total. The number of halogens is 1. The molecule has 2 heterocycles. The molecule has 4 rings (SSSR count). The molecule has 0 saturated carbocycles. The number of ketones is 1. The Balaban J connectivity index is 1.67. The quantitative estimate of drug-likeness (QED) is 0.308. The number of hydrogen-bond acceptors (Lipinski definition) is 3. The van der Waals surface area contributed by atoms with E-state index in [2.05, 4.69) is 10.5 Å². The van der Waals surface area contributed by atoms with Crippen LogP contribution in [0.25, 0.3) is 5.52 Å². The van der Waals surface area contributed by atoms with Gasteiger partial charge in [0.15, 0.2) is 0 Å². The number of rotatable bonds is 5. The van der Waals surface area contributed by atoms with Crippen molar-refractivity contribution in [3.63, 3.8) is 0 Å². The van der Waals surface area contributed by atoms with Gasteiger partial charge < -0.3 is 4.40 Å². The zero-order chi connectivity index (χ0) is 21.1. The molecular weight excluding hydrogens is 381 g/mol. The van der Waals surface area contributed by atoms with Crippen molar-refractivity contribution in [3.8, 4) is 0 Å². The minimum atomic E-state index is -0.451. The molecule has 4 aromatic rings. The normalized spacial score (nSPS) is 11.1. The highest BCUT2D eigenvalue weighted by Crippen LogP contribution is 2.24. The van der Waals surface area contributed by atoms with E-state index < -0.39 is 11.7 Å². The van der Waals surface area contributed by atoms with Crippen LogP contribution in [0, 0.1) is 12.7 Å². The van der Waals surface area contributed by atoms with E-state index in [4.69, 9.17) is 0 Å². The fourth-order valence-corrected chi connectivity index (χ4v) is 3.35. The van der Waals surface area contributed by atoms with Crippen molar-refractivity contribution in [2.24, 2.45) is 5.10 Å². The zero-order valence-corrected chi connectivity index (χ0v) is 16.2. The minimum absolute atomic E-state index is 0.0932. The average molecular weight is 399 g/mol. The molecule has 0 aliphatic heterocycles. The van der Waals surface area contributed by atoms with Crippen LogP contribution in [0.2, 0.25) is 0 Å². The molecule has 6 heteroatoms. The first-order valence-corrected chi connectivity index (χ1v) is 9.34. The first-order chi connectivity index (χ1) is 14.6. The van der Waals surface area contributed by atoms with Crippen LogP contribution in [0.5, 0.6) is 0 Å². The molecular formula is C24H18FN3O2. The number of carbonyl (C=O) groups is 2. The fourth-order valence-electron chi connectivity index (χ4n) is 3.35. The van der Waals surface area contributed by atoms with Gasteiger partial charge in [-0.25, -0.2) is 9.82 Å². The number of amides is 1. The number of hydrazone groups is 1. The Labute approximate surface area is 172 Å². The highest BCUT2D eigenvalue weighted by atomic mass is 19.1. The number of hydrogen-bond donors (Lipinski definition) is 1. The predicted octanol–water partition coefficient (Wildman–Crippen LogP) is 4.38. The summed E-state index contributed by atoms with van der Waals surface area (Å²) in [7, 11) is 0. The Morgan fingerprint density at radius 3 is 2.37 bits per heavy atom. The summed E-state index contributed by atoms with van der Waals surface area (Å²) in [5.74, 6) is -0.959. The lowest BCUT2D eigenvalue weighted by atomic mass is 10.0. The van der Waals surface area contributed by atoms with Gasteiger partial charge in [0, 0.05) is 22.9 Å². The lowest BCUT2D eigenvalue weighted by Crippen LogP contribution is -2.17. The summed E-state index contributed by atoms with van der Waals surface area (Å²) in [5.41, 5.74) is 6.17. The maximum atomic E-state index is 13.1. The standard InChI is InChI=1S/C24H18FN3O2/c1-16-20(15-26-27-24(30)18-10-12-19(25)13-11-18)21-9-5-6-14-28(21)22(16)23(29)17-7-3-2-4-8-17/h2-15H,1H3,(H,27,30)/b26-15-. The number of fused-ring (bicyclic) bond motifs is 1. The van der Waals surface area contributed by atoms with Crippen molar-refractivity contribution in [1.29, 1.82) is 0 Å². The van der Waals surface area contributed by atoms with Crippen LogP contribution in [0.15, 0.2) is 84.1 Å². The van der Waals surface area contributed by atoms with Gasteiger partial charge in [0.1, 0.15) is 5.82 Å². The third-order valence-electron chi connectivity index (χ3n) is 4.85. The van der Waals surface area contributed by atoms with Gasteiger partial charge >= 0.3 is 0 Å². The third kappa shape index (κ3) is 3.63. The molecule has 0 bridgehead atoms. The van der Waals surface area contributed by atoms with Crippen LogP contribution in [0.3, 0.4) is 0 Å². The Kier molecular flexibility index (Phi) is 5.22. The third-order valence-corrected chi connectivity index (χ3v) is 4.85. The summed E-state index contributed by atoms with van der Waals surface area (Å²) in [6.45, 7) is 1.85. The first kappa shape index (κ1) is 19.3. The second-order valence-electron chi connectivity index (χ2n) is 6.74. The van der Waals surface area contributed by atoms with Crippen LogP contribution in [0.4, 0.5) is 4.39 Å². The van der Waals surface area contributed by atoms with Gasteiger partial charge in [0.2, 0.25) is 5.78 Å². The zero-order valence-electron chi connectivity index (χ0n) is 16.2. The summed E-state index contributed by atoms with van der Waals surface area (Å²) in [5, 5.41) is 4.05. The van der Waals surface area contributed by atoms with E-state index in [0.717, 1.165) is 16.6 Å². The van der Waals surface area contributed by atoms with Gasteiger partial charge in [0.05, 0.1) is 17.4 Å². The van der Waals surface area contributed by atoms with Gasteiger partial charge in [-0.15, -0.1) is 0 Å². The molecule has 2 aromatic heterocycles. The van der Waals surface area contributed by atoms with E-state index in [9.17, 15) is 14.0 Å². The summed E-state index contributed by atoms with van der Waals surface area (Å²) in [6.07, 6.45) is 3.35. The maximum absolute atomic E-state index is 13.1. The monoisotopic (exact) mass is 399 g/mol. The van der Waals surface area contributed by atoms with Gasteiger partial charge in [-0.2, -0.15) is 5.10 Å². The molecule has 148 valence electrons. The Bertz CT molecular complexity index is 1260. The van der Waals surface area contributed by atoms with Crippen molar-refractivity contribution in [2.45, 2.75) is 6.92 Å². The van der Waals surface area contributed by atoms with Crippen LogP contribution in [0.1, 0.15) is 37.5 Å². The van der Waals surface area contributed by atoms with Crippen molar-refractivity contribution in [3.05, 3.63) is 113 Å². The first-order valence-electron chi connectivity index (χ1n) is 9.34. The number of aromatic nitrogens is 1. The van der Waals surface area contributed by atoms with E-state index >= 15 is 0 Å². The maximum Gasteiger partial charge on any atom is 0.271 e. The topological polar surface area (TPSA) is 62.9 Å². The highest BCUT2D eigenvalue weighted by molar-refractivity contribution is 6.12. The second kappa shape index (κ2) is 8.13. The summed E-state index contributed by atoms with van der Waals surface area (Å²) in [6, 6.07) is 19.9. The van der Waals surface area contributed by atoms with E-state index in [0.29, 0.717) is 16.8 Å².